The summed E-state index contributed by atoms with van der Waals surface area (Å²) in [4.78, 5) is 77.6. The van der Waals surface area contributed by atoms with E-state index in [1.165, 1.54) is 11.1 Å². The van der Waals surface area contributed by atoms with E-state index in [2.05, 4.69) is 60.9 Å². The molecule has 0 saturated carbocycles. The molecule has 3 saturated heterocycles. The van der Waals surface area contributed by atoms with Gasteiger partial charge in [0.25, 0.3) is 5.91 Å². The lowest BCUT2D eigenvalue weighted by Crippen LogP contribution is -2.64. The zero-order valence-electron chi connectivity index (χ0n) is 39.2. The number of cyclic esters (lactones) is 1. The molecule has 4 aliphatic heterocycles. The van der Waals surface area contributed by atoms with Crippen LogP contribution in [0.4, 0.5) is 0 Å². The van der Waals surface area contributed by atoms with E-state index in [1.807, 2.05) is 39.0 Å². The van der Waals surface area contributed by atoms with Gasteiger partial charge in [-0.2, -0.15) is 0 Å². The van der Waals surface area contributed by atoms with Crippen LogP contribution in [0.25, 0.3) is 33.3 Å². The van der Waals surface area contributed by atoms with Crippen molar-refractivity contribution in [2.24, 2.45) is 16.7 Å². The Morgan fingerprint density at radius 2 is 1.85 bits per heavy atom. The number of aromatic nitrogens is 2. The minimum absolute atomic E-state index is 0.000101. The zero-order chi connectivity index (χ0) is 47.2. The van der Waals surface area contributed by atoms with Gasteiger partial charge in [0.15, 0.2) is 0 Å². The Balaban J connectivity index is 1.20. The second-order valence-corrected chi connectivity index (χ2v) is 19.6. The molecule has 3 N–H and O–H groups in total. The molecule has 0 radical (unpaired) electrons. The molecule has 4 aliphatic rings. The number of nitrogens with zero attached hydrogens (tertiary/aromatic N) is 5. The van der Waals surface area contributed by atoms with Crippen LogP contribution in [0.15, 0.2) is 67.4 Å². The fraction of sp³-hybridized carbons (Fsp3) is 0.490. The predicted octanol–water partition coefficient (Wildman–Crippen LogP) is 5.72. The quantitative estimate of drug-likeness (QED) is 0.139. The number of carbonyl (C=O) groups excluding carboxylic acids is 5. The summed E-state index contributed by atoms with van der Waals surface area (Å²) in [5, 5.41) is 16.8. The lowest BCUT2D eigenvalue weighted by molar-refractivity contribution is -0.156. The Bertz CT molecular complexity index is 2580. The number of rotatable bonds is 9. The molecular weight excluding hydrogens is 839 g/mol. The Morgan fingerprint density at radius 3 is 2.56 bits per heavy atom. The summed E-state index contributed by atoms with van der Waals surface area (Å²) in [5.41, 5.74) is 8.81. The van der Waals surface area contributed by atoms with Crippen molar-refractivity contribution in [3.8, 4) is 28.1 Å². The van der Waals surface area contributed by atoms with Gasteiger partial charge < -0.3 is 34.3 Å². The predicted molar refractivity (Wildman–Crippen MR) is 249 cm³/mol. The number of amides is 4. The van der Waals surface area contributed by atoms with Gasteiger partial charge in [0, 0.05) is 74.3 Å². The number of ether oxygens (including phenoxy) is 2. The van der Waals surface area contributed by atoms with Crippen molar-refractivity contribution in [1.82, 2.24) is 35.1 Å². The third-order valence-corrected chi connectivity index (χ3v) is 13.9. The van der Waals surface area contributed by atoms with Gasteiger partial charge in [0.2, 0.25) is 17.7 Å². The summed E-state index contributed by atoms with van der Waals surface area (Å²) in [5.74, 6) is -2.18. The number of hydrazine groups is 1. The molecule has 15 heteroatoms. The summed E-state index contributed by atoms with van der Waals surface area (Å²) >= 11 is 0. The maximum Gasteiger partial charge on any atom is 0.324 e. The minimum Gasteiger partial charge on any atom is -0.508 e. The Hall–Kier alpha value is -6.06. The number of carbonyl (C=O) groups is 5. The van der Waals surface area contributed by atoms with Crippen molar-refractivity contribution in [1.29, 1.82) is 0 Å². The second kappa shape index (κ2) is 18.3. The van der Waals surface area contributed by atoms with Crippen LogP contribution < -0.4 is 10.7 Å². The number of pyridine rings is 1. The van der Waals surface area contributed by atoms with Gasteiger partial charge in [0.05, 0.1) is 29.5 Å². The molecule has 2 aromatic carbocycles. The van der Waals surface area contributed by atoms with E-state index in [9.17, 15) is 29.1 Å². The fourth-order valence-corrected chi connectivity index (χ4v) is 10.5. The highest BCUT2D eigenvalue weighted by Crippen LogP contribution is 2.44. The first-order valence-electron chi connectivity index (χ1n) is 23.2. The van der Waals surface area contributed by atoms with Crippen LogP contribution in [-0.2, 0) is 52.8 Å². The van der Waals surface area contributed by atoms with Crippen molar-refractivity contribution in [2.75, 3.05) is 39.9 Å². The van der Waals surface area contributed by atoms with Crippen LogP contribution in [0.5, 0.6) is 5.75 Å². The highest BCUT2D eigenvalue weighted by Gasteiger charge is 2.57. The van der Waals surface area contributed by atoms with Gasteiger partial charge in [-0.25, -0.2) is 5.43 Å². The number of hydrogen-bond acceptors (Lipinski definition) is 10. The highest BCUT2D eigenvalue weighted by molar-refractivity contribution is 5.98. The van der Waals surface area contributed by atoms with E-state index in [0.717, 1.165) is 44.5 Å². The molecular formula is C51H63N7O8. The maximum absolute atomic E-state index is 14.7. The van der Waals surface area contributed by atoms with Crippen molar-refractivity contribution in [3.63, 3.8) is 0 Å². The normalized spacial score (nSPS) is 21.6. The molecule has 4 amide bonds. The Kier molecular flexibility index (Phi) is 12.9. The third-order valence-electron chi connectivity index (χ3n) is 13.9. The van der Waals surface area contributed by atoms with Crippen LogP contribution >= 0.6 is 0 Å². The van der Waals surface area contributed by atoms with E-state index >= 15 is 0 Å². The van der Waals surface area contributed by atoms with Crippen molar-refractivity contribution >= 4 is 40.5 Å². The molecule has 0 aliphatic carbocycles. The van der Waals surface area contributed by atoms with E-state index in [1.54, 1.807) is 35.2 Å². The Labute approximate surface area is 386 Å². The van der Waals surface area contributed by atoms with Gasteiger partial charge in [-0.05, 0) is 110 Å². The highest BCUT2D eigenvalue weighted by atomic mass is 16.5. The topological polar surface area (TPSA) is 176 Å². The summed E-state index contributed by atoms with van der Waals surface area (Å²) in [6, 6.07) is 12.6. The zero-order valence-corrected chi connectivity index (χ0v) is 39.2. The van der Waals surface area contributed by atoms with Crippen LogP contribution in [0, 0.1) is 16.7 Å². The number of phenolic OH excluding ortho intramolecular Hbond substituents is 1. The van der Waals surface area contributed by atoms with E-state index in [4.69, 9.17) is 14.5 Å². The number of likely N-dealkylation sites (tertiary alicyclic amines) is 2. The molecule has 1 spiro atoms. The lowest BCUT2D eigenvalue weighted by atomic mass is 9.78. The molecule has 6 bridgehead atoms. The number of phenols is 1. The second-order valence-electron chi connectivity index (χ2n) is 19.6. The third kappa shape index (κ3) is 8.70. The van der Waals surface area contributed by atoms with Crippen LogP contribution in [0.3, 0.4) is 0 Å². The largest absolute Gasteiger partial charge is 0.508 e. The number of methoxy groups -OCH3 is 1. The van der Waals surface area contributed by atoms with Crippen molar-refractivity contribution < 1.29 is 38.6 Å². The van der Waals surface area contributed by atoms with Gasteiger partial charge in [-0.3, -0.25) is 34.0 Å². The maximum atomic E-state index is 14.7. The molecule has 4 aromatic rings. The lowest BCUT2D eigenvalue weighted by Gasteiger charge is -2.46. The molecule has 2 aromatic heterocycles. The summed E-state index contributed by atoms with van der Waals surface area (Å²) in [6.45, 7) is 17.5. The molecule has 6 heterocycles. The van der Waals surface area contributed by atoms with E-state index in [-0.39, 0.29) is 62.2 Å². The minimum atomic E-state index is -1.15. The van der Waals surface area contributed by atoms with Crippen LogP contribution in [0.1, 0.15) is 83.7 Å². The summed E-state index contributed by atoms with van der Waals surface area (Å²) in [6.07, 6.45) is 4.73. The van der Waals surface area contributed by atoms with Gasteiger partial charge in [-0.1, -0.05) is 46.4 Å². The molecule has 4 atom stereocenters. The standard InChI is InChI=1S/C51H63N7O8/c1-9-42(60)55-27-51(28-55)17-20-57(49(51)64)44(30(3)4)46(61)53-40-23-32-21-34(24-35(59)22-32)33-15-16-41-37(25-33)38(45(56(41)10-2)36-13-11-18-52-43(36)31(5)65-8)26-50(6,7)29-66-48(63)39-14-12-19-58(54-39)47(40)62/h9,11,13,15-16,18,21-22,24-25,30-31,39-40,44,54,59H,1,10,12,14,17,19-20,23,26-29H2,2-8H3,(H,53,61)/t31-,39-,40-,44-/m0/s1. The number of nitrogens with one attached hydrogen (secondary N) is 2. The van der Waals surface area contributed by atoms with Crippen LogP contribution in [-0.4, -0.2) is 117 Å². The number of esters is 1. The first-order valence-corrected chi connectivity index (χ1v) is 23.2. The number of fused-ring (bicyclic) bond motifs is 6. The number of aromatic hydroxyl groups is 1. The fourth-order valence-electron chi connectivity index (χ4n) is 10.5. The van der Waals surface area contributed by atoms with E-state index < -0.39 is 46.7 Å². The summed E-state index contributed by atoms with van der Waals surface area (Å²) < 4.78 is 14.2. The molecule has 8 rings (SSSR count). The molecule has 66 heavy (non-hydrogen) atoms. The smallest absolute Gasteiger partial charge is 0.324 e. The first-order chi connectivity index (χ1) is 31.5. The number of hydrogen-bond donors (Lipinski definition) is 3. The number of benzene rings is 2. The first kappa shape index (κ1) is 46.5. The van der Waals surface area contributed by atoms with Gasteiger partial charge >= 0.3 is 5.97 Å². The van der Waals surface area contributed by atoms with Crippen molar-refractivity contribution in [3.05, 3.63) is 84.2 Å². The van der Waals surface area contributed by atoms with Crippen molar-refractivity contribution in [2.45, 2.75) is 104 Å². The van der Waals surface area contributed by atoms with Crippen LogP contribution in [0.2, 0.25) is 0 Å². The summed E-state index contributed by atoms with van der Waals surface area (Å²) in [7, 11) is 1.67. The molecule has 0 unspecified atom stereocenters. The molecule has 350 valence electrons. The van der Waals surface area contributed by atoms with Gasteiger partial charge in [0.1, 0.15) is 23.9 Å². The van der Waals surface area contributed by atoms with Gasteiger partial charge in [-0.15, -0.1) is 0 Å². The SMILES string of the molecule is C=CC(=O)N1CC2(CCN([C@H](C(=O)N[C@H]3Cc4cc(O)cc(c4)-c4ccc5c(c4)c(c(-c4cccnc4[C@H](C)OC)n5CC)CC(C)(C)COC(=O)[C@@H]4CCCN(N4)C3=O)C(C)C)C2=O)C1. The molecule has 15 nitrogen and oxygen atoms in total. The molecule has 3 fully saturated rings. The average Bonchev–Trinajstić information content (AvgIpc) is 3.78. The number of aryl methyl sites for hydroxylation is 1. The monoisotopic (exact) mass is 901 g/mol. The average molecular weight is 902 g/mol. The Morgan fingerprint density at radius 1 is 1.08 bits per heavy atom. The van der Waals surface area contributed by atoms with E-state index in [0.29, 0.717) is 44.3 Å².